The molecule has 2 heterocycles. The van der Waals surface area contributed by atoms with E-state index < -0.39 is 11.7 Å². The van der Waals surface area contributed by atoms with Gasteiger partial charge in [0.25, 0.3) is 0 Å². The van der Waals surface area contributed by atoms with E-state index >= 15 is 0 Å². The van der Waals surface area contributed by atoms with E-state index in [0.29, 0.717) is 24.3 Å². The fraction of sp³-hybridized carbons (Fsp3) is 0.333. The fourth-order valence-electron chi connectivity index (χ4n) is 2.59. The van der Waals surface area contributed by atoms with Gasteiger partial charge in [0.05, 0.1) is 18.2 Å². The number of aryl methyl sites for hydroxylation is 1. The molecule has 3 rings (SSSR count). The predicted molar refractivity (Wildman–Crippen MR) is 80.2 cm³/mol. The summed E-state index contributed by atoms with van der Waals surface area (Å²) in [6.45, 7) is 2.65. The average Bonchev–Trinajstić information content (AvgIpc) is 2.92. The topological polar surface area (TPSA) is 88.9 Å². The van der Waals surface area contributed by atoms with Crippen LogP contribution in [0.2, 0.25) is 0 Å². The first-order valence-electron chi connectivity index (χ1n) is 7.26. The predicted octanol–water partition coefficient (Wildman–Crippen LogP) is 0.968. The number of carbonyl (C=O) groups is 2. The van der Waals surface area contributed by atoms with Gasteiger partial charge in [-0.1, -0.05) is 5.21 Å². The first kappa shape index (κ1) is 15.1. The number of fused-ring (bicyclic) bond motifs is 1. The molecule has 8 heteroatoms. The molecule has 7 nitrogen and oxygen atoms in total. The van der Waals surface area contributed by atoms with Crippen molar-refractivity contribution in [2.45, 2.75) is 25.8 Å². The van der Waals surface area contributed by atoms with Gasteiger partial charge < -0.3 is 10.6 Å². The van der Waals surface area contributed by atoms with Crippen molar-refractivity contribution in [1.82, 2.24) is 20.3 Å². The standard InChI is InChI=1S/C15H16FN5O2/c1-9-8-21(20-19-9)5-4-17-15(23)12-7-14(22)18-13-3-2-10(16)6-11(12)13/h2-3,6,8,12H,4-5,7H2,1H3,(H,17,23)(H,18,22)/t12-/m0/s1. The quantitative estimate of drug-likeness (QED) is 0.879. The molecule has 1 aromatic heterocycles. The molecule has 0 fully saturated rings. The van der Waals surface area contributed by atoms with Crippen LogP contribution < -0.4 is 10.6 Å². The first-order chi connectivity index (χ1) is 11.0. The molecule has 0 aliphatic carbocycles. The molecule has 0 unspecified atom stereocenters. The van der Waals surface area contributed by atoms with E-state index in [-0.39, 0.29) is 18.2 Å². The third-order valence-corrected chi connectivity index (χ3v) is 3.66. The number of amides is 2. The lowest BCUT2D eigenvalue weighted by Gasteiger charge is -2.24. The molecule has 120 valence electrons. The van der Waals surface area contributed by atoms with Crippen molar-refractivity contribution in [2.24, 2.45) is 0 Å². The van der Waals surface area contributed by atoms with Gasteiger partial charge in [0.15, 0.2) is 0 Å². The number of carbonyl (C=O) groups excluding carboxylic acids is 2. The monoisotopic (exact) mass is 317 g/mol. The zero-order chi connectivity index (χ0) is 16.4. The molecular weight excluding hydrogens is 301 g/mol. The molecule has 0 saturated carbocycles. The van der Waals surface area contributed by atoms with Crippen LogP contribution in [0.5, 0.6) is 0 Å². The van der Waals surface area contributed by atoms with Gasteiger partial charge in [-0.3, -0.25) is 14.3 Å². The first-order valence-corrected chi connectivity index (χ1v) is 7.26. The summed E-state index contributed by atoms with van der Waals surface area (Å²) in [6, 6.07) is 4.02. The summed E-state index contributed by atoms with van der Waals surface area (Å²) in [5, 5.41) is 13.2. The highest BCUT2D eigenvalue weighted by atomic mass is 19.1. The molecule has 0 bridgehead atoms. The second kappa shape index (κ2) is 6.15. The number of halogens is 1. The maximum absolute atomic E-state index is 13.4. The number of anilines is 1. The number of hydrogen-bond donors (Lipinski definition) is 2. The molecule has 0 spiro atoms. The van der Waals surface area contributed by atoms with Crippen molar-refractivity contribution in [1.29, 1.82) is 0 Å². The van der Waals surface area contributed by atoms with Gasteiger partial charge in [-0.25, -0.2) is 4.39 Å². The van der Waals surface area contributed by atoms with Crippen molar-refractivity contribution < 1.29 is 14.0 Å². The van der Waals surface area contributed by atoms with Gasteiger partial charge in [-0.2, -0.15) is 0 Å². The van der Waals surface area contributed by atoms with Crippen molar-refractivity contribution in [3.05, 3.63) is 41.5 Å². The molecule has 1 aliphatic rings. The number of benzene rings is 1. The zero-order valence-electron chi connectivity index (χ0n) is 12.5. The van der Waals surface area contributed by atoms with Gasteiger partial charge in [0.2, 0.25) is 11.8 Å². The highest BCUT2D eigenvalue weighted by Gasteiger charge is 2.30. The summed E-state index contributed by atoms with van der Waals surface area (Å²) in [5.41, 5.74) is 1.78. The number of nitrogens with zero attached hydrogens (tertiary/aromatic N) is 3. The Morgan fingerprint density at radius 1 is 1.52 bits per heavy atom. The Kier molecular flexibility index (Phi) is 4.05. The van der Waals surface area contributed by atoms with Crippen molar-refractivity contribution >= 4 is 17.5 Å². The summed E-state index contributed by atoms with van der Waals surface area (Å²) in [7, 11) is 0. The van der Waals surface area contributed by atoms with E-state index in [0.717, 1.165) is 5.69 Å². The average molecular weight is 317 g/mol. The fourth-order valence-corrected chi connectivity index (χ4v) is 2.59. The van der Waals surface area contributed by atoms with Crippen LogP contribution in [0.3, 0.4) is 0 Å². The Hall–Kier alpha value is -2.77. The summed E-state index contributed by atoms with van der Waals surface area (Å²) >= 11 is 0. The van der Waals surface area contributed by atoms with Crippen LogP contribution in [0, 0.1) is 12.7 Å². The lowest BCUT2D eigenvalue weighted by Crippen LogP contribution is -2.36. The molecule has 23 heavy (non-hydrogen) atoms. The second-order valence-electron chi connectivity index (χ2n) is 5.45. The van der Waals surface area contributed by atoms with Crippen molar-refractivity contribution in [3.63, 3.8) is 0 Å². The van der Waals surface area contributed by atoms with E-state index in [2.05, 4.69) is 20.9 Å². The zero-order valence-corrected chi connectivity index (χ0v) is 12.5. The smallest absolute Gasteiger partial charge is 0.228 e. The van der Waals surface area contributed by atoms with Gasteiger partial charge >= 0.3 is 0 Å². The normalized spacial score (nSPS) is 16.6. The van der Waals surface area contributed by atoms with Crippen LogP contribution in [0.4, 0.5) is 10.1 Å². The SMILES string of the molecule is Cc1cn(CCNC(=O)[C@H]2CC(=O)Nc3ccc(F)cc32)nn1. The van der Waals surface area contributed by atoms with Gasteiger partial charge in [-0.05, 0) is 30.7 Å². The second-order valence-corrected chi connectivity index (χ2v) is 5.45. The van der Waals surface area contributed by atoms with Gasteiger partial charge in [-0.15, -0.1) is 5.10 Å². The summed E-state index contributed by atoms with van der Waals surface area (Å²) in [5.74, 6) is -1.68. The molecule has 0 saturated heterocycles. The maximum Gasteiger partial charge on any atom is 0.228 e. The molecule has 1 atom stereocenters. The van der Waals surface area contributed by atoms with Crippen LogP contribution in [-0.4, -0.2) is 33.4 Å². The molecule has 2 N–H and O–H groups in total. The Bertz CT molecular complexity index is 758. The minimum atomic E-state index is -0.688. The largest absolute Gasteiger partial charge is 0.354 e. The third kappa shape index (κ3) is 3.36. The Balaban J connectivity index is 1.67. The minimum absolute atomic E-state index is 0.00468. The van der Waals surface area contributed by atoms with Gasteiger partial charge in [0.1, 0.15) is 5.82 Å². The minimum Gasteiger partial charge on any atom is -0.354 e. The van der Waals surface area contributed by atoms with Gasteiger partial charge in [0, 0.05) is 24.8 Å². The third-order valence-electron chi connectivity index (χ3n) is 3.66. The van der Waals surface area contributed by atoms with Crippen LogP contribution in [0.25, 0.3) is 0 Å². The lowest BCUT2D eigenvalue weighted by molar-refractivity contribution is -0.126. The Labute approximate surface area is 131 Å². The molecular formula is C15H16FN5O2. The van der Waals surface area contributed by atoms with Crippen molar-refractivity contribution in [2.75, 3.05) is 11.9 Å². The van der Waals surface area contributed by atoms with E-state index in [1.807, 2.05) is 6.92 Å². The summed E-state index contributed by atoms with van der Waals surface area (Å²) in [4.78, 5) is 24.1. The number of hydrogen-bond acceptors (Lipinski definition) is 4. The van der Waals surface area contributed by atoms with Crippen LogP contribution in [0.15, 0.2) is 24.4 Å². The number of rotatable bonds is 4. The van der Waals surface area contributed by atoms with Crippen LogP contribution in [-0.2, 0) is 16.1 Å². The van der Waals surface area contributed by atoms with E-state index in [4.69, 9.17) is 0 Å². The van der Waals surface area contributed by atoms with Crippen LogP contribution in [0.1, 0.15) is 23.6 Å². The maximum atomic E-state index is 13.4. The number of nitrogens with one attached hydrogen (secondary N) is 2. The van der Waals surface area contributed by atoms with E-state index in [9.17, 15) is 14.0 Å². The molecule has 0 radical (unpaired) electrons. The molecule has 2 amide bonds. The highest BCUT2D eigenvalue weighted by Crippen LogP contribution is 2.32. The van der Waals surface area contributed by atoms with Crippen LogP contribution >= 0.6 is 0 Å². The lowest BCUT2D eigenvalue weighted by atomic mass is 9.89. The molecule has 1 aliphatic heterocycles. The summed E-state index contributed by atoms with van der Waals surface area (Å²) < 4.78 is 15.1. The molecule has 2 aromatic rings. The Morgan fingerprint density at radius 3 is 3.09 bits per heavy atom. The molecule has 1 aromatic carbocycles. The van der Waals surface area contributed by atoms with E-state index in [1.54, 1.807) is 10.9 Å². The number of aromatic nitrogens is 3. The Morgan fingerprint density at radius 2 is 2.35 bits per heavy atom. The summed E-state index contributed by atoms with van der Waals surface area (Å²) in [6.07, 6.45) is 1.77. The van der Waals surface area contributed by atoms with E-state index in [1.165, 1.54) is 18.2 Å². The highest BCUT2D eigenvalue weighted by molar-refractivity contribution is 6.01. The van der Waals surface area contributed by atoms with Crippen molar-refractivity contribution in [3.8, 4) is 0 Å².